The van der Waals surface area contributed by atoms with Crippen molar-refractivity contribution in [3.63, 3.8) is 0 Å². The third-order valence-electron chi connectivity index (χ3n) is 6.93. The van der Waals surface area contributed by atoms with E-state index in [2.05, 4.69) is 29.3 Å². The Morgan fingerprint density at radius 3 is 1.67 bits per heavy atom. The third kappa shape index (κ3) is 3.96. The van der Waals surface area contributed by atoms with Crippen LogP contribution in [0.1, 0.15) is 39.1 Å². The molecule has 3 aromatic rings. The van der Waals surface area contributed by atoms with E-state index in [0.29, 0.717) is 0 Å². The van der Waals surface area contributed by atoms with Crippen LogP contribution in [0.5, 0.6) is 0 Å². The van der Waals surface area contributed by atoms with Gasteiger partial charge in [0.25, 0.3) is 17.2 Å². The molecule has 0 saturated heterocycles. The number of nitrogens with zero attached hydrogens (tertiary/aromatic N) is 10. The lowest BCUT2D eigenvalue weighted by atomic mass is 9.90. The molecule has 2 aromatic heterocycles. The van der Waals surface area contributed by atoms with Gasteiger partial charge in [-0.25, -0.2) is 38.8 Å². The summed E-state index contributed by atoms with van der Waals surface area (Å²) in [6.45, 7) is 29.9. The molecule has 0 saturated carbocycles. The summed E-state index contributed by atoms with van der Waals surface area (Å²) in [6, 6.07) is 10.3. The topological polar surface area (TPSA) is 138 Å². The summed E-state index contributed by atoms with van der Waals surface area (Å²) >= 11 is 0. The Balaban J connectivity index is 2.03. The van der Waals surface area contributed by atoms with E-state index in [9.17, 15) is 15.8 Å². The van der Waals surface area contributed by atoms with E-state index in [0.717, 1.165) is 24.3 Å². The van der Waals surface area contributed by atoms with Gasteiger partial charge in [-0.3, -0.25) is 0 Å². The van der Waals surface area contributed by atoms with E-state index in [4.69, 9.17) is 31.6 Å². The van der Waals surface area contributed by atoms with Crippen LogP contribution in [0, 0.1) is 95.1 Å². The first-order valence-electron chi connectivity index (χ1n) is 12.2. The summed E-state index contributed by atoms with van der Waals surface area (Å²) in [6.07, 6.45) is 0. The SMILES string of the molecule is [C-]#[N+]C1=C(c2ccc([N+]#[C-])nc2F)/C(=C(/C#N)[N+]#[C-])c2c(F)c3c(c(F)c21)/C(=C(/C#N)[N+]#[C-])C(c1ccc(C#N)nc1F)=C3C#N. The largest absolute Gasteiger partial charge is 0.361 e. The molecule has 14 heteroatoms. The minimum absolute atomic E-state index is 0.396. The van der Waals surface area contributed by atoms with Crippen molar-refractivity contribution in [1.82, 2.24) is 9.97 Å². The second kappa shape index (κ2) is 11.1. The van der Waals surface area contributed by atoms with Crippen molar-refractivity contribution in [2.45, 2.75) is 0 Å². The van der Waals surface area contributed by atoms with Crippen LogP contribution < -0.4 is 0 Å². The van der Waals surface area contributed by atoms with Crippen LogP contribution in [0.15, 0.2) is 35.7 Å². The highest BCUT2D eigenvalue weighted by Crippen LogP contribution is 2.57. The summed E-state index contributed by atoms with van der Waals surface area (Å²) in [7, 11) is 0. The molecule has 2 heterocycles. The van der Waals surface area contributed by atoms with Gasteiger partial charge in [0.15, 0.2) is 0 Å². The number of benzene rings is 1. The number of halogens is 4. The molecule has 2 aliphatic rings. The molecule has 0 aliphatic heterocycles. The smallest absolute Gasteiger partial charge is 0.308 e. The third-order valence-corrected chi connectivity index (χ3v) is 6.93. The molecule has 2 aliphatic carbocycles. The summed E-state index contributed by atoms with van der Waals surface area (Å²) in [4.78, 5) is 19.3. The van der Waals surface area contributed by atoms with Crippen LogP contribution in [0.4, 0.5) is 23.4 Å². The van der Waals surface area contributed by atoms with E-state index >= 15 is 17.6 Å². The van der Waals surface area contributed by atoms with Crippen LogP contribution in [-0.2, 0) is 0 Å². The Morgan fingerprint density at radius 2 is 1.17 bits per heavy atom. The van der Waals surface area contributed by atoms with Crippen molar-refractivity contribution in [2.24, 2.45) is 0 Å². The van der Waals surface area contributed by atoms with Crippen LogP contribution in [-0.4, -0.2) is 9.97 Å². The van der Waals surface area contributed by atoms with Crippen molar-refractivity contribution in [1.29, 1.82) is 21.0 Å². The van der Waals surface area contributed by atoms with E-state index < -0.39 is 113 Å². The van der Waals surface area contributed by atoms with Crippen molar-refractivity contribution in [3.8, 4) is 24.3 Å². The zero-order chi connectivity index (χ0) is 33.4. The number of fused-ring (bicyclic) bond motifs is 2. The lowest BCUT2D eigenvalue weighted by Gasteiger charge is -2.15. The number of hydrogen-bond acceptors (Lipinski definition) is 6. The van der Waals surface area contributed by atoms with Gasteiger partial charge in [0.1, 0.15) is 29.5 Å². The summed E-state index contributed by atoms with van der Waals surface area (Å²) < 4.78 is 64.4. The maximum Gasteiger partial charge on any atom is 0.308 e. The molecule has 10 nitrogen and oxygen atoms in total. The Labute approximate surface area is 256 Å². The molecule has 46 heavy (non-hydrogen) atoms. The molecular formula is C32H4F4N10. The van der Waals surface area contributed by atoms with Gasteiger partial charge in [-0.15, -0.1) is 0 Å². The van der Waals surface area contributed by atoms with E-state index in [-0.39, 0.29) is 0 Å². The summed E-state index contributed by atoms with van der Waals surface area (Å²) in [5.41, 5.74) is -11.2. The van der Waals surface area contributed by atoms with Gasteiger partial charge in [0.2, 0.25) is 11.6 Å². The average molecular weight is 604 g/mol. The zero-order valence-electron chi connectivity index (χ0n) is 22.3. The Kier molecular flexibility index (Phi) is 7.13. The highest BCUT2D eigenvalue weighted by Gasteiger charge is 2.44. The molecule has 210 valence electrons. The Morgan fingerprint density at radius 1 is 0.630 bits per heavy atom. The Bertz CT molecular complexity index is 2290. The van der Waals surface area contributed by atoms with Crippen molar-refractivity contribution < 1.29 is 17.6 Å². The number of allylic oxidation sites excluding steroid dienone is 7. The Hall–Kier alpha value is -7.88. The molecule has 0 spiro atoms. The van der Waals surface area contributed by atoms with Crippen molar-refractivity contribution in [2.75, 3.05) is 0 Å². The maximum absolute atomic E-state index is 16.9. The standard InChI is InChI=1S/C32H4F4N10/c1-41-17(11-39)23-20(14-6-5-13(9-37)45-31(14)35)16(10-38)21-25(23)29(34)27-26(28(21)33)24(18(12-40)42-2)22(30(27)44-4)15-7-8-19(43-3)46-32(15)36/h5-8H/b23-17-,24-18+. The van der Waals surface area contributed by atoms with Crippen LogP contribution in [0.25, 0.3) is 52.9 Å². The van der Waals surface area contributed by atoms with Crippen LogP contribution in [0.2, 0.25) is 0 Å². The number of rotatable bonds is 2. The monoisotopic (exact) mass is 604 g/mol. The molecule has 5 rings (SSSR count). The number of hydrogen-bond donors (Lipinski definition) is 0. The van der Waals surface area contributed by atoms with Gasteiger partial charge >= 0.3 is 5.95 Å². The molecule has 0 atom stereocenters. The fourth-order valence-corrected chi connectivity index (χ4v) is 5.22. The van der Waals surface area contributed by atoms with Gasteiger partial charge in [-0.1, -0.05) is 17.6 Å². The number of nitriles is 4. The zero-order valence-corrected chi connectivity index (χ0v) is 22.3. The van der Waals surface area contributed by atoms with Gasteiger partial charge in [-0.2, -0.15) is 19.3 Å². The van der Waals surface area contributed by atoms with Gasteiger partial charge in [0, 0.05) is 44.5 Å². The average Bonchev–Trinajstić information content (AvgIpc) is 3.59. The molecule has 0 amide bonds. The predicted octanol–water partition coefficient (Wildman–Crippen LogP) is 7.01. The molecule has 1 aromatic carbocycles. The lowest BCUT2D eigenvalue weighted by Crippen LogP contribution is -2.05. The highest BCUT2D eigenvalue weighted by molar-refractivity contribution is 6.29. The fourth-order valence-electron chi connectivity index (χ4n) is 5.22. The molecule has 0 N–H and O–H groups in total. The second-order valence-corrected chi connectivity index (χ2v) is 8.99. The molecule has 0 radical (unpaired) electrons. The minimum atomic E-state index is -1.51. The summed E-state index contributed by atoms with van der Waals surface area (Å²) in [5.74, 6) is -6.16. The summed E-state index contributed by atoms with van der Waals surface area (Å²) in [5, 5.41) is 38.9. The highest BCUT2D eigenvalue weighted by atomic mass is 19.1. The first-order valence-corrected chi connectivity index (χ1v) is 12.2. The predicted molar refractivity (Wildman–Crippen MR) is 150 cm³/mol. The first kappa shape index (κ1) is 29.6. The molecule has 0 bridgehead atoms. The van der Waals surface area contributed by atoms with Crippen molar-refractivity contribution in [3.05, 3.63) is 144 Å². The van der Waals surface area contributed by atoms with Gasteiger partial charge in [-0.05, 0) is 29.3 Å². The van der Waals surface area contributed by atoms with Crippen molar-refractivity contribution >= 4 is 39.4 Å². The first-order chi connectivity index (χ1) is 22.2. The van der Waals surface area contributed by atoms with Gasteiger partial charge in [0.05, 0.1) is 37.4 Å². The quantitative estimate of drug-likeness (QED) is 0.133. The minimum Gasteiger partial charge on any atom is -0.361 e. The second-order valence-electron chi connectivity index (χ2n) is 8.99. The number of aromatic nitrogens is 2. The lowest BCUT2D eigenvalue weighted by molar-refractivity contribution is 0.579. The number of pyridine rings is 2. The van der Waals surface area contributed by atoms with E-state index in [1.165, 1.54) is 12.1 Å². The van der Waals surface area contributed by atoms with Crippen LogP contribution in [0.3, 0.4) is 0 Å². The van der Waals surface area contributed by atoms with Crippen LogP contribution >= 0.6 is 0 Å². The molecule has 0 fully saturated rings. The van der Waals surface area contributed by atoms with E-state index in [1.54, 1.807) is 12.1 Å². The normalized spacial score (nSPS) is 14.7. The maximum atomic E-state index is 16.9. The van der Waals surface area contributed by atoms with Gasteiger partial charge < -0.3 is 4.85 Å². The molecule has 0 unspecified atom stereocenters. The van der Waals surface area contributed by atoms with E-state index in [1.807, 2.05) is 0 Å². The molecular weight excluding hydrogens is 600 g/mol. The fraction of sp³-hybridized carbons (Fsp3) is 0.